The van der Waals surface area contributed by atoms with E-state index >= 15 is 0 Å². The molecular weight excluding hydrogens is 247 g/mol. The molecule has 1 unspecified atom stereocenters. The molecule has 0 saturated carbocycles. The number of ether oxygens (including phenoxy) is 1. The van der Waals surface area contributed by atoms with Gasteiger partial charge in [0.25, 0.3) is 0 Å². The summed E-state index contributed by atoms with van der Waals surface area (Å²) in [5, 5.41) is 1.03. The van der Waals surface area contributed by atoms with Crippen LogP contribution in [0.2, 0.25) is 10.0 Å². The highest BCUT2D eigenvalue weighted by molar-refractivity contribution is 6.42. The van der Waals surface area contributed by atoms with E-state index in [0.717, 1.165) is 5.56 Å². The standard InChI is InChI=1S/C12H14Cl2O2/c1-3-16-12(15)8(2)6-9-4-5-10(13)11(14)7-9/h4-5,7-8H,3,6H2,1-2H3. The van der Waals surface area contributed by atoms with Crippen LogP contribution >= 0.6 is 23.2 Å². The largest absolute Gasteiger partial charge is 0.466 e. The van der Waals surface area contributed by atoms with Crippen molar-refractivity contribution in [3.05, 3.63) is 33.8 Å². The van der Waals surface area contributed by atoms with E-state index in [0.29, 0.717) is 23.1 Å². The number of benzene rings is 1. The van der Waals surface area contributed by atoms with E-state index in [2.05, 4.69) is 0 Å². The summed E-state index contributed by atoms with van der Waals surface area (Å²) in [6.07, 6.45) is 0.607. The third-order valence-electron chi connectivity index (χ3n) is 2.21. The minimum atomic E-state index is -0.187. The second kappa shape index (κ2) is 6.12. The summed E-state index contributed by atoms with van der Waals surface area (Å²) in [7, 11) is 0. The number of halogens is 2. The van der Waals surface area contributed by atoms with Crippen molar-refractivity contribution in [2.75, 3.05) is 6.61 Å². The van der Waals surface area contributed by atoms with E-state index < -0.39 is 0 Å². The quantitative estimate of drug-likeness (QED) is 0.772. The highest BCUT2D eigenvalue weighted by Crippen LogP contribution is 2.24. The molecule has 4 heteroatoms. The lowest BCUT2D eigenvalue weighted by Crippen LogP contribution is -2.16. The molecule has 0 spiro atoms. The van der Waals surface area contributed by atoms with Crippen LogP contribution in [0.5, 0.6) is 0 Å². The maximum Gasteiger partial charge on any atom is 0.308 e. The third-order valence-corrected chi connectivity index (χ3v) is 2.95. The minimum absolute atomic E-state index is 0.169. The molecular formula is C12H14Cl2O2. The number of hydrogen-bond acceptors (Lipinski definition) is 2. The Kier molecular flexibility index (Phi) is 5.10. The fourth-order valence-electron chi connectivity index (χ4n) is 1.39. The lowest BCUT2D eigenvalue weighted by molar-refractivity contribution is -0.147. The van der Waals surface area contributed by atoms with Crippen LogP contribution < -0.4 is 0 Å². The molecule has 0 saturated heterocycles. The molecule has 0 aliphatic heterocycles. The summed E-state index contributed by atoms with van der Waals surface area (Å²) < 4.78 is 4.93. The van der Waals surface area contributed by atoms with Gasteiger partial charge in [-0.2, -0.15) is 0 Å². The van der Waals surface area contributed by atoms with Crippen LogP contribution in [-0.4, -0.2) is 12.6 Å². The van der Waals surface area contributed by atoms with Crippen molar-refractivity contribution in [3.63, 3.8) is 0 Å². The SMILES string of the molecule is CCOC(=O)C(C)Cc1ccc(Cl)c(Cl)c1. The van der Waals surface area contributed by atoms with Gasteiger partial charge in [0.1, 0.15) is 0 Å². The molecule has 0 aliphatic carbocycles. The Bertz CT molecular complexity index is 377. The van der Waals surface area contributed by atoms with Gasteiger partial charge >= 0.3 is 5.97 Å². The first kappa shape index (κ1) is 13.3. The summed E-state index contributed by atoms with van der Waals surface area (Å²) >= 11 is 11.7. The van der Waals surface area contributed by atoms with Gasteiger partial charge in [0.05, 0.1) is 22.6 Å². The fraction of sp³-hybridized carbons (Fsp3) is 0.417. The average Bonchev–Trinajstić information content (AvgIpc) is 2.24. The second-order valence-electron chi connectivity index (χ2n) is 3.61. The van der Waals surface area contributed by atoms with Gasteiger partial charge in [0.2, 0.25) is 0 Å². The van der Waals surface area contributed by atoms with Crippen molar-refractivity contribution in [1.82, 2.24) is 0 Å². The Hall–Kier alpha value is -0.730. The lowest BCUT2D eigenvalue weighted by atomic mass is 10.0. The Morgan fingerprint density at radius 3 is 2.62 bits per heavy atom. The molecule has 0 aliphatic rings. The van der Waals surface area contributed by atoms with E-state index in [4.69, 9.17) is 27.9 Å². The normalized spacial score (nSPS) is 12.2. The summed E-state index contributed by atoms with van der Waals surface area (Å²) in [5.74, 6) is -0.356. The van der Waals surface area contributed by atoms with E-state index in [1.165, 1.54) is 0 Å². The monoisotopic (exact) mass is 260 g/mol. The van der Waals surface area contributed by atoms with Crippen LogP contribution in [0.4, 0.5) is 0 Å². The van der Waals surface area contributed by atoms with Crippen LogP contribution in [0.3, 0.4) is 0 Å². The van der Waals surface area contributed by atoms with Gasteiger partial charge in [-0.25, -0.2) is 0 Å². The number of carbonyl (C=O) groups excluding carboxylic acids is 1. The number of rotatable bonds is 4. The van der Waals surface area contributed by atoms with E-state index in [1.807, 2.05) is 13.0 Å². The minimum Gasteiger partial charge on any atom is -0.466 e. The molecule has 0 aromatic heterocycles. The van der Waals surface area contributed by atoms with Gasteiger partial charge in [0, 0.05) is 0 Å². The van der Waals surface area contributed by atoms with Gasteiger partial charge in [-0.15, -0.1) is 0 Å². The topological polar surface area (TPSA) is 26.3 Å². The van der Waals surface area contributed by atoms with Crippen LogP contribution in [0.1, 0.15) is 19.4 Å². The zero-order chi connectivity index (χ0) is 12.1. The molecule has 1 aromatic carbocycles. The summed E-state index contributed by atoms with van der Waals surface area (Å²) in [6.45, 7) is 4.04. The molecule has 2 nitrogen and oxygen atoms in total. The molecule has 0 bridgehead atoms. The van der Waals surface area contributed by atoms with Gasteiger partial charge in [-0.1, -0.05) is 36.2 Å². The van der Waals surface area contributed by atoms with Crippen molar-refractivity contribution >= 4 is 29.2 Å². The predicted octanol–water partition coefficient (Wildman–Crippen LogP) is 3.74. The Labute approximate surface area is 106 Å². The van der Waals surface area contributed by atoms with Crippen LogP contribution in [-0.2, 0) is 16.0 Å². The molecule has 0 fully saturated rings. The van der Waals surface area contributed by atoms with Gasteiger partial charge in [-0.3, -0.25) is 4.79 Å². The first-order valence-corrected chi connectivity index (χ1v) is 5.90. The fourth-order valence-corrected chi connectivity index (χ4v) is 1.71. The first-order chi connectivity index (χ1) is 7.54. The van der Waals surface area contributed by atoms with Crippen LogP contribution in [0.15, 0.2) is 18.2 Å². The molecule has 88 valence electrons. The van der Waals surface area contributed by atoms with Gasteiger partial charge in [-0.05, 0) is 31.0 Å². The maximum absolute atomic E-state index is 11.4. The van der Waals surface area contributed by atoms with Crippen molar-refractivity contribution in [2.24, 2.45) is 5.92 Å². The summed E-state index contributed by atoms with van der Waals surface area (Å²) in [4.78, 5) is 11.4. The smallest absolute Gasteiger partial charge is 0.308 e. The number of esters is 1. The Morgan fingerprint density at radius 1 is 1.38 bits per heavy atom. The van der Waals surface area contributed by atoms with Crippen molar-refractivity contribution < 1.29 is 9.53 Å². The predicted molar refractivity (Wildman–Crippen MR) is 66.0 cm³/mol. The Balaban J connectivity index is 2.66. The molecule has 1 aromatic rings. The molecule has 0 N–H and O–H groups in total. The molecule has 0 radical (unpaired) electrons. The Morgan fingerprint density at radius 2 is 2.06 bits per heavy atom. The third kappa shape index (κ3) is 3.69. The second-order valence-corrected chi connectivity index (χ2v) is 4.42. The average molecular weight is 261 g/mol. The lowest BCUT2D eigenvalue weighted by Gasteiger charge is -2.10. The van der Waals surface area contributed by atoms with Gasteiger partial charge < -0.3 is 4.74 Å². The van der Waals surface area contributed by atoms with Crippen LogP contribution in [0, 0.1) is 5.92 Å². The summed E-state index contributed by atoms with van der Waals surface area (Å²) in [5.41, 5.74) is 0.981. The first-order valence-electron chi connectivity index (χ1n) is 5.15. The molecule has 0 amide bonds. The van der Waals surface area contributed by atoms with E-state index in [9.17, 15) is 4.79 Å². The number of hydrogen-bond donors (Lipinski definition) is 0. The zero-order valence-corrected chi connectivity index (χ0v) is 10.8. The van der Waals surface area contributed by atoms with E-state index in [1.54, 1.807) is 19.1 Å². The van der Waals surface area contributed by atoms with Gasteiger partial charge in [0.15, 0.2) is 0 Å². The maximum atomic E-state index is 11.4. The van der Waals surface area contributed by atoms with Crippen LogP contribution in [0.25, 0.3) is 0 Å². The molecule has 0 heterocycles. The van der Waals surface area contributed by atoms with Crippen molar-refractivity contribution in [3.8, 4) is 0 Å². The molecule has 16 heavy (non-hydrogen) atoms. The number of carbonyl (C=O) groups is 1. The van der Waals surface area contributed by atoms with Crippen molar-refractivity contribution in [1.29, 1.82) is 0 Å². The van der Waals surface area contributed by atoms with E-state index in [-0.39, 0.29) is 11.9 Å². The highest BCUT2D eigenvalue weighted by Gasteiger charge is 2.14. The molecule has 1 rings (SSSR count). The summed E-state index contributed by atoms with van der Waals surface area (Å²) in [6, 6.07) is 5.38. The highest BCUT2D eigenvalue weighted by atomic mass is 35.5. The molecule has 1 atom stereocenters. The zero-order valence-electron chi connectivity index (χ0n) is 9.30. The van der Waals surface area contributed by atoms with Crippen molar-refractivity contribution in [2.45, 2.75) is 20.3 Å².